The van der Waals surface area contributed by atoms with E-state index in [-0.39, 0.29) is 12.3 Å². The fourth-order valence-corrected chi connectivity index (χ4v) is 8.67. The van der Waals surface area contributed by atoms with Gasteiger partial charge in [0.2, 0.25) is 0 Å². The summed E-state index contributed by atoms with van der Waals surface area (Å²) in [7, 11) is 0. The minimum Gasteiger partial charge on any atom is -0.393 e. The van der Waals surface area contributed by atoms with Gasteiger partial charge in [0.05, 0.1) is 12.3 Å². The van der Waals surface area contributed by atoms with Gasteiger partial charge in [0, 0.05) is 0 Å². The third-order valence-corrected chi connectivity index (χ3v) is 10.8. The molecule has 4 rings (SSSR count). The molecular weight excluding hydrogens is 404 g/mol. The normalized spacial score (nSPS) is 40.9. The smallest absolute Gasteiger partial charge is 0.0577 e. The quantitative estimate of drug-likeness (QED) is 0.294. The molecule has 3 nitrogen and oxygen atoms in total. The highest BCUT2D eigenvalue weighted by atomic mass is 16.3. The minimum atomic E-state index is -0.116. The average Bonchev–Trinajstić information content (AvgIpc) is 3.11. The van der Waals surface area contributed by atoms with Crippen molar-refractivity contribution in [2.75, 3.05) is 0 Å². The molecule has 192 valence electrons. The maximum Gasteiger partial charge on any atom is 0.0577 e. The van der Waals surface area contributed by atoms with Crippen LogP contribution in [0.3, 0.4) is 0 Å². The standard InChI is InChI=1S/C27H46O.C3H10N2/c1-18(2)7-6-8-19(3)23-11-12-24-22-10-9-20-17-21(28)13-15-26(20,4)25(22)14-16-27(23,24)5;1-2-3(4)5/h9,18-19,21-25,28H,6-8,10-17H2,1-5H3;3H,2,4-5H2,1H3/t19?,21-,22-,23+,24-,25-,26-,27+;/m0./s1. The Hall–Kier alpha value is -0.380. The van der Waals surface area contributed by atoms with Crippen LogP contribution >= 0.6 is 0 Å². The summed E-state index contributed by atoms with van der Waals surface area (Å²) < 4.78 is 0. The van der Waals surface area contributed by atoms with Crippen molar-refractivity contribution in [2.45, 2.75) is 131 Å². The first kappa shape index (κ1) is 27.2. The van der Waals surface area contributed by atoms with E-state index in [1.54, 1.807) is 5.57 Å². The monoisotopic (exact) mass is 460 g/mol. The molecule has 0 heterocycles. The number of aliphatic hydroxyl groups excluding tert-OH is 1. The SMILES string of the molecule is CC(C)CCCC(C)[C@H]1CC[C@H]2[C@@H]3CC=C4C[C@@H](O)CC[C@]4(C)[C@H]3CC[C@]12C.CCC(N)N. The fourth-order valence-electron chi connectivity index (χ4n) is 8.67. The molecule has 5 N–H and O–H groups in total. The molecule has 0 aromatic rings. The van der Waals surface area contributed by atoms with Crippen LogP contribution in [0, 0.1) is 46.3 Å². The zero-order chi connectivity index (χ0) is 24.4. The van der Waals surface area contributed by atoms with Crippen LogP contribution in [0.15, 0.2) is 11.6 Å². The first-order chi connectivity index (χ1) is 15.5. The van der Waals surface area contributed by atoms with Crippen molar-refractivity contribution < 1.29 is 5.11 Å². The maximum absolute atomic E-state index is 10.2. The third kappa shape index (κ3) is 5.72. The number of aliphatic hydroxyl groups is 1. The van der Waals surface area contributed by atoms with Crippen LogP contribution in [0.5, 0.6) is 0 Å². The molecule has 0 amide bonds. The first-order valence-electron chi connectivity index (χ1n) is 14.4. The highest BCUT2D eigenvalue weighted by molar-refractivity contribution is 5.25. The van der Waals surface area contributed by atoms with Gasteiger partial charge in [0.15, 0.2) is 0 Å². The predicted octanol–water partition coefficient (Wildman–Crippen LogP) is 7.03. The van der Waals surface area contributed by atoms with Crippen molar-refractivity contribution in [3.05, 3.63) is 11.6 Å². The number of rotatable bonds is 6. The highest BCUT2D eigenvalue weighted by Gasteiger charge is 2.59. The van der Waals surface area contributed by atoms with Crippen LogP contribution in [0.4, 0.5) is 0 Å². The summed E-state index contributed by atoms with van der Waals surface area (Å²) in [6, 6.07) is 0. The summed E-state index contributed by atoms with van der Waals surface area (Å²) in [6.07, 6.45) is 17.9. The Bertz CT molecular complexity index is 658. The molecule has 0 saturated heterocycles. The van der Waals surface area contributed by atoms with E-state index in [1.165, 1.54) is 57.8 Å². The van der Waals surface area contributed by atoms with Gasteiger partial charge in [-0.25, -0.2) is 0 Å². The van der Waals surface area contributed by atoms with Crippen LogP contribution in [-0.4, -0.2) is 17.4 Å². The van der Waals surface area contributed by atoms with Gasteiger partial charge >= 0.3 is 0 Å². The largest absolute Gasteiger partial charge is 0.393 e. The van der Waals surface area contributed by atoms with Gasteiger partial charge in [-0.3, -0.25) is 0 Å². The summed E-state index contributed by atoms with van der Waals surface area (Å²) in [4.78, 5) is 0. The topological polar surface area (TPSA) is 72.3 Å². The van der Waals surface area contributed by atoms with Crippen LogP contribution in [-0.2, 0) is 0 Å². The molecule has 4 aliphatic rings. The van der Waals surface area contributed by atoms with Gasteiger partial charge in [0.1, 0.15) is 0 Å². The van der Waals surface area contributed by atoms with Crippen molar-refractivity contribution >= 4 is 0 Å². The first-order valence-corrected chi connectivity index (χ1v) is 14.4. The van der Waals surface area contributed by atoms with E-state index in [4.69, 9.17) is 11.5 Å². The summed E-state index contributed by atoms with van der Waals surface area (Å²) in [5.74, 6) is 5.46. The van der Waals surface area contributed by atoms with Crippen molar-refractivity contribution in [3.8, 4) is 0 Å². The molecule has 3 heteroatoms. The van der Waals surface area contributed by atoms with E-state index in [9.17, 15) is 5.11 Å². The van der Waals surface area contributed by atoms with Crippen LogP contribution < -0.4 is 11.5 Å². The van der Waals surface area contributed by atoms with Crippen molar-refractivity contribution in [3.63, 3.8) is 0 Å². The second-order valence-electron chi connectivity index (χ2n) is 13.3. The molecule has 8 atom stereocenters. The minimum absolute atomic E-state index is 0.0766. The van der Waals surface area contributed by atoms with E-state index in [0.717, 1.165) is 54.8 Å². The Morgan fingerprint density at radius 3 is 2.33 bits per heavy atom. The zero-order valence-corrected chi connectivity index (χ0v) is 22.8. The van der Waals surface area contributed by atoms with E-state index < -0.39 is 0 Å². The molecule has 33 heavy (non-hydrogen) atoms. The Labute approximate surface area is 205 Å². The van der Waals surface area contributed by atoms with Crippen molar-refractivity contribution in [2.24, 2.45) is 57.8 Å². The molecule has 0 bridgehead atoms. The Balaban J connectivity index is 0.000000555. The third-order valence-electron chi connectivity index (χ3n) is 10.8. The molecule has 0 aliphatic heterocycles. The van der Waals surface area contributed by atoms with Gasteiger partial charge in [0.25, 0.3) is 0 Å². The number of hydrogen-bond acceptors (Lipinski definition) is 3. The van der Waals surface area contributed by atoms with Crippen molar-refractivity contribution in [1.82, 2.24) is 0 Å². The van der Waals surface area contributed by atoms with E-state index in [2.05, 4.69) is 40.7 Å². The van der Waals surface area contributed by atoms with Crippen molar-refractivity contribution in [1.29, 1.82) is 0 Å². The number of allylic oxidation sites excluding steroid dienone is 1. The van der Waals surface area contributed by atoms with Crippen LogP contribution in [0.1, 0.15) is 119 Å². The molecule has 4 aliphatic carbocycles. The van der Waals surface area contributed by atoms with Gasteiger partial charge < -0.3 is 16.6 Å². The number of hydrogen-bond donors (Lipinski definition) is 3. The van der Waals surface area contributed by atoms with Gasteiger partial charge in [-0.1, -0.05) is 72.5 Å². The zero-order valence-electron chi connectivity index (χ0n) is 22.8. The molecule has 3 fully saturated rings. The lowest BCUT2D eigenvalue weighted by molar-refractivity contribution is -0.0573. The second kappa shape index (κ2) is 11.1. The number of nitrogens with two attached hydrogens (primary N) is 2. The Kier molecular flexibility index (Phi) is 9.17. The predicted molar refractivity (Wildman–Crippen MR) is 142 cm³/mol. The molecular formula is C30H56N2O. The van der Waals surface area contributed by atoms with Crippen LogP contribution in [0.25, 0.3) is 0 Å². The Morgan fingerprint density at radius 2 is 1.70 bits per heavy atom. The fraction of sp³-hybridized carbons (Fsp3) is 0.933. The van der Waals surface area contributed by atoms with Gasteiger partial charge in [-0.05, 0) is 104 Å². The maximum atomic E-state index is 10.2. The van der Waals surface area contributed by atoms with Gasteiger partial charge in [-0.2, -0.15) is 0 Å². The lowest BCUT2D eigenvalue weighted by atomic mass is 9.47. The summed E-state index contributed by atoms with van der Waals surface area (Å²) in [5, 5.41) is 10.2. The number of fused-ring (bicyclic) bond motifs is 5. The summed E-state index contributed by atoms with van der Waals surface area (Å²) in [5.41, 5.74) is 12.7. The average molecular weight is 461 g/mol. The van der Waals surface area contributed by atoms with E-state index in [1.807, 2.05) is 6.92 Å². The highest BCUT2D eigenvalue weighted by Crippen LogP contribution is 2.67. The van der Waals surface area contributed by atoms with E-state index >= 15 is 0 Å². The summed E-state index contributed by atoms with van der Waals surface area (Å²) in [6.45, 7) is 14.5. The van der Waals surface area contributed by atoms with Gasteiger partial charge in [-0.15, -0.1) is 0 Å². The van der Waals surface area contributed by atoms with Crippen LogP contribution in [0.2, 0.25) is 0 Å². The Morgan fingerprint density at radius 1 is 1.00 bits per heavy atom. The molecule has 0 spiro atoms. The molecule has 1 unspecified atom stereocenters. The molecule has 0 radical (unpaired) electrons. The second-order valence-corrected chi connectivity index (χ2v) is 13.3. The van der Waals surface area contributed by atoms with E-state index in [0.29, 0.717) is 10.8 Å². The summed E-state index contributed by atoms with van der Waals surface area (Å²) >= 11 is 0. The molecule has 0 aromatic heterocycles. The molecule has 0 aromatic carbocycles. The lowest BCUT2D eigenvalue weighted by Crippen LogP contribution is -2.50. The molecule has 3 saturated carbocycles. The lowest BCUT2D eigenvalue weighted by Gasteiger charge is -2.58.